The van der Waals surface area contributed by atoms with Crippen molar-refractivity contribution in [1.29, 1.82) is 0 Å². The molecule has 6 atom stereocenters. The van der Waals surface area contributed by atoms with Crippen LogP contribution in [0.5, 0.6) is 0 Å². The Morgan fingerprint density at radius 1 is 1.17 bits per heavy atom. The van der Waals surface area contributed by atoms with Crippen molar-refractivity contribution in [3.8, 4) is 0 Å². The largest absolute Gasteiger partial charge is 0.393 e. The van der Waals surface area contributed by atoms with Gasteiger partial charge in [0.15, 0.2) is 0 Å². The van der Waals surface area contributed by atoms with Crippen molar-refractivity contribution in [3.63, 3.8) is 0 Å². The summed E-state index contributed by atoms with van der Waals surface area (Å²) in [5.41, 5.74) is 1.08. The normalized spacial score (nSPS) is 41.5. The predicted molar refractivity (Wildman–Crippen MR) is 127 cm³/mol. The van der Waals surface area contributed by atoms with Gasteiger partial charge in [0.1, 0.15) is 0 Å². The van der Waals surface area contributed by atoms with Gasteiger partial charge in [-0.15, -0.1) is 0 Å². The molecule has 2 nitrogen and oxygen atoms in total. The van der Waals surface area contributed by atoms with Gasteiger partial charge < -0.3 is 10.2 Å². The average Bonchev–Trinajstić information content (AvgIpc) is 3.13. The second-order valence-electron chi connectivity index (χ2n) is 10.3. The van der Waals surface area contributed by atoms with Crippen LogP contribution in [-0.2, 0) is 0 Å². The van der Waals surface area contributed by atoms with Gasteiger partial charge in [-0.3, -0.25) is 0 Å². The summed E-state index contributed by atoms with van der Waals surface area (Å²) in [5.74, 6) is -0.0459. The Labute approximate surface area is 193 Å². The van der Waals surface area contributed by atoms with Crippen LogP contribution in [-0.4, -0.2) is 21.9 Å². The summed E-state index contributed by atoms with van der Waals surface area (Å²) in [6.07, 6.45) is 15.5. The van der Waals surface area contributed by atoms with Crippen molar-refractivity contribution in [2.75, 3.05) is 0 Å². The summed E-state index contributed by atoms with van der Waals surface area (Å²) in [6.45, 7) is 4.12. The molecule has 0 saturated heterocycles. The summed E-state index contributed by atoms with van der Waals surface area (Å²) in [7, 11) is 0. The number of hydrogen-bond donors (Lipinski definition) is 2. The van der Waals surface area contributed by atoms with Crippen LogP contribution in [0.2, 0.25) is 0 Å². The van der Waals surface area contributed by atoms with Gasteiger partial charge in [-0.25, -0.2) is 0 Å². The van der Waals surface area contributed by atoms with Crippen molar-refractivity contribution >= 4 is 0 Å². The molecule has 0 unspecified atom stereocenters. The summed E-state index contributed by atoms with van der Waals surface area (Å²) >= 11 is 0. The Kier molecular flexibility index (Phi) is 5.04. The summed E-state index contributed by atoms with van der Waals surface area (Å²) in [5, 5.41) is 20.9. The molecule has 0 aromatic rings. The smallest absolute Gasteiger partial charge is 0.0651 e. The monoisotopic (exact) mass is 418 g/mol. The summed E-state index contributed by atoms with van der Waals surface area (Å²) in [4.78, 5) is 0. The number of fused-ring (bicyclic) bond motifs is 1. The minimum atomic E-state index is -3.02. The number of hydrogen-bond acceptors (Lipinski definition) is 2. The zero-order valence-electron chi connectivity index (χ0n) is 25.0. The first kappa shape index (κ1) is 16.5. The molecule has 0 heterocycles. The van der Waals surface area contributed by atoms with E-state index < -0.39 is 25.2 Å². The first-order valence-corrected chi connectivity index (χ1v) is 11.7. The van der Waals surface area contributed by atoms with Gasteiger partial charge in [-0.1, -0.05) is 62.8 Å². The van der Waals surface area contributed by atoms with E-state index >= 15 is 0 Å². The molecule has 3 fully saturated rings. The lowest BCUT2D eigenvalue weighted by Crippen LogP contribution is -2.35. The van der Waals surface area contributed by atoms with E-state index in [9.17, 15) is 10.2 Å². The van der Waals surface area contributed by atoms with E-state index in [0.29, 0.717) is 18.3 Å². The Balaban J connectivity index is 1.78. The van der Waals surface area contributed by atoms with Gasteiger partial charge in [0.25, 0.3) is 0 Å². The lowest BCUT2D eigenvalue weighted by molar-refractivity contribution is 0.0436. The highest BCUT2D eigenvalue weighted by molar-refractivity contribution is 5.36. The van der Waals surface area contributed by atoms with Gasteiger partial charge in [-0.05, 0) is 93.8 Å². The van der Waals surface area contributed by atoms with Crippen molar-refractivity contribution in [1.82, 2.24) is 0 Å². The molecule has 0 aromatic carbocycles. The van der Waals surface area contributed by atoms with E-state index in [0.717, 1.165) is 56.1 Å². The van der Waals surface area contributed by atoms with E-state index in [1.807, 2.05) is 6.08 Å². The molecule has 3 saturated carbocycles. The minimum absolute atomic E-state index is 0.114. The molecular weight excluding hydrogens is 368 g/mol. The zero-order valence-corrected chi connectivity index (χ0v) is 19.0. The van der Waals surface area contributed by atoms with Crippen LogP contribution in [0.15, 0.2) is 47.6 Å². The van der Waals surface area contributed by atoms with Crippen LogP contribution >= 0.6 is 0 Å². The summed E-state index contributed by atoms with van der Waals surface area (Å²) < 4.78 is 46.2. The molecular formula is C28H44O2. The molecule has 3 aliphatic rings. The van der Waals surface area contributed by atoms with Crippen LogP contribution in [0.1, 0.15) is 94.1 Å². The first-order chi connectivity index (χ1) is 16.5. The van der Waals surface area contributed by atoms with E-state index in [1.165, 1.54) is 12.5 Å². The molecule has 2 heteroatoms. The third-order valence-corrected chi connectivity index (χ3v) is 8.22. The molecule has 0 aromatic heterocycles. The van der Waals surface area contributed by atoms with Crippen LogP contribution in [0, 0.1) is 29.1 Å². The lowest BCUT2D eigenvalue weighted by Gasteiger charge is -2.44. The Morgan fingerprint density at radius 3 is 2.67 bits per heavy atom. The molecule has 3 aliphatic carbocycles. The number of aliphatic hydroxyl groups is 2. The van der Waals surface area contributed by atoms with Crippen LogP contribution in [0.4, 0.5) is 0 Å². The second-order valence-corrected chi connectivity index (χ2v) is 10.3. The maximum atomic E-state index is 10.8. The highest BCUT2D eigenvalue weighted by Crippen LogP contribution is 2.59. The van der Waals surface area contributed by atoms with Gasteiger partial charge in [-0.2, -0.15) is 0 Å². The number of allylic oxidation sites excluding steroid dienone is 5. The SMILES string of the molecule is [2H]C([2H])([2H])C(O)([C@@H](C)/C=C/[C@@H](C)[C@H]1CC[C@H]2/C(=C/C=C3/C[C@@H](O)CCC3=C)CCC[C@]12C)C([2H])([2H])[2H]. The Morgan fingerprint density at radius 2 is 1.93 bits per heavy atom. The van der Waals surface area contributed by atoms with E-state index in [-0.39, 0.29) is 17.4 Å². The molecule has 0 radical (unpaired) electrons. The topological polar surface area (TPSA) is 40.5 Å². The standard InChI is InChI=1S/C28H44O2/c1-19-10-14-24(29)18-23(19)13-12-22-8-7-17-28(6)25(15-16-26(22)28)20(2)9-11-21(3)27(4,5)30/h9,11-13,20-21,24-26,29-30H,1,7-8,10,14-18H2,2-6H3/b11-9+,22-12+,23-13-/t20-,21+,24+,25-,26+,28-/m1/s1/i4D3,5D3. The molecule has 0 bridgehead atoms. The molecule has 0 spiro atoms. The van der Waals surface area contributed by atoms with Gasteiger partial charge in [0.2, 0.25) is 0 Å². The Hall–Kier alpha value is -1.12. The quantitative estimate of drug-likeness (QED) is 0.484. The third kappa shape index (κ3) is 5.02. The first-order valence-electron chi connectivity index (χ1n) is 14.7. The van der Waals surface area contributed by atoms with Gasteiger partial charge in [0.05, 0.1) is 11.7 Å². The van der Waals surface area contributed by atoms with Gasteiger partial charge >= 0.3 is 0 Å². The lowest BCUT2D eigenvalue weighted by atomic mass is 9.61. The van der Waals surface area contributed by atoms with Crippen molar-refractivity contribution in [2.45, 2.75) is 97.5 Å². The predicted octanol–water partition coefficient (Wildman–Crippen LogP) is 6.76. The second kappa shape index (κ2) is 9.17. The highest BCUT2D eigenvalue weighted by Gasteiger charge is 2.50. The molecule has 0 aliphatic heterocycles. The number of rotatable bonds is 5. The van der Waals surface area contributed by atoms with Crippen molar-refractivity contribution in [2.24, 2.45) is 29.1 Å². The summed E-state index contributed by atoms with van der Waals surface area (Å²) in [6, 6.07) is 0. The minimum Gasteiger partial charge on any atom is -0.393 e. The molecule has 0 amide bonds. The third-order valence-electron chi connectivity index (χ3n) is 8.22. The Bertz CT molecular complexity index is 898. The molecule has 30 heavy (non-hydrogen) atoms. The maximum absolute atomic E-state index is 10.8. The number of aliphatic hydroxyl groups excluding tert-OH is 1. The fraction of sp³-hybridized carbons (Fsp3) is 0.714. The fourth-order valence-electron chi connectivity index (χ4n) is 6.15. The van der Waals surface area contributed by atoms with E-state index in [2.05, 4.69) is 32.6 Å². The van der Waals surface area contributed by atoms with Crippen LogP contribution < -0.4 is 0 Å². The average molecular weight is 419 g/mol. The van der Waals surface area contributed by atoms with Crippen molar-refractivity contribution in [3.05, 3.63) is 47.6 Å². The zero-order chi connectivity index (χ0) is 27.1. The van der Waals surface area contributed by atoms with Crippen LogP contribution in [0.3, 0.4) is 0 Å². The van der Waals surface area contributed by atoms with E-state index in [1.54, 1.807) is 6.08 Å². The fourth-order valence-corrected chi connectivity index (χ4v) is 6.15. The maximum Gasteiger partial charge on any atom is 0.0651 e. The van der Waals surface area contributed by atoms with Crippen LogP contribution in [0.25, 0.3) is 0 Å². The molecule has 2 N–H and O–H groups in total. The van der Waals surface area contributed by atoms with Crippen molar-refractivity contribution < 1.29 is 18.4 Å². The molecule has 168 valence electrons. The molecule has 3 rings (SSSR count). The highest BCUT2D eigenvalue weighted by atomic mass is 16.3. The van der Waals surface area contributed by atoms with E-state index in [4.69, 9.17) is 8.22 Å². The van der Waals surface area contributed by atoms with Gasteiger partial charge in [0, 0.05) is 14.1 Å².